The van der Waals surface area contributed by atoms with E-state index in [2.05, 4.69) is 28.2 Å². The van der Waals surface area contributed by atoms with Crippen molar-refractivity contribution in [3.8, 4) is 0 Å². The zero-order valence-electron chi connectivity index (χ0n) is 14.1. The predicted molar refractivity (Wildman–Crippen MR) is 80.6 cm³/mol. The fraction of sp³-hybridized carbons (Fsp3) is 1.00. The van der Waals surface area contributed by atoms with Gasteiger partial charge in [0.1, 0.15) is 0 Å². The Bertz CT molecular complexity index is 187. The molecule has 0 unspecified atom stereocenters. The van der Waals surface area contributed by atoms with Crippen LogP contribution in [0, 0.1) is 0 Å². The van der Waals surface area contributed by atoms with Crippen LogP contribution < -0.4 is 34.0 Å². The molecule has 0 radical (unpaired) electrons. The van der Waals surface area contributed by atoms with E-state index >= 15 is 0 Å². The molecule has 0 spiro atoms. The summed E-state index contributed by atoms with van der Waals surface area (Å²) in [5, 5.41) is 0. The Morgan fingerprint density at radius 1 is 0.400 bits per heavy atom. The molecule has 1 fully saturated rings. The summed E-state index contributed by atoms with van der Waals surface area (Å²) in [5.74, 6) is 0. The lowest BCUT2D eigenvalue weighted by Gasteiger charge is -2.32. The number of quaternary nitrogens is 2. The summed E-state index contributed by atoms with van der Waals surface area (Å²) in [5.41, 5.74) is 0. The third-order valence-electron chi connectivity index (χ3n) is 4.55. The van der Waals surface area contributed by atoms with Crippen LogP contribution >= 0.6 is 0 Å². The number of nitrogens with zero attached hydrogens (tertiary/aromatic N) is 2. The van der Waals surface area contributed by atoms with E-state index in [-0.39, 0.29) is 34.0 Å². The maximum atomic E-state index is 2.41. The van der Waals surface area contributed by atoms with E-state index in [1.807, 2.05) is 0 Å². The van der Waals surface area contributed by atoms with E-state index in [1.54, 1.807) is 0 Å². The molecule has 0 saturated carbocycles. The second-order valence-electron chi connectivity index (χ2n) is 7.59. The van der Waals surface area contributed by atoms with Crippen LogP contribution in [0.5, 0.6) is 0 Å². The van der Waals surface area contributed by atoms with E-state index in [0.717, 1.165) is 0 Å². The van der Waals surface area contributed by atoms with Crippen LogP contribution in [-0.2, 0) is 0 Å². The van der Waals surface area contributed by atoms with Gasteiger partial charge in [0.2, 0.25) is 0 Å². The highest BCUT2D eigenvalue weighted by Crippen LogP contribution is 2.13. The smallest absolute Gasteiger partial charge is 0.0782 e. The molecular formula is C16H36Br2N2. The predicted octanol–water partition coefficient (Wildman–Crippen LogP) is -2.72. The third kappa shape index (κ3) is 11.5. The molecule has 0 N–H and O–H groups in total. The minimum Gasteiger partial charge on any atom is -1.00 e. The van der Waals surface area contributed by atoms with Crippen LogP contribution in [0.2, 0.25) is 0 Å². The van der Waals surface area contributed by atoms with Crippen LogP contribution in [0.3, 0.4) is 0 Å². The van der Waals surface area contributed by atoms with Crippen molar-refractivity contribution in [2.24, 2.45) is 0 Å². The first kappa shape index (κ1) is 23.2. The Morgan fingerprint density at radius 3 is 0.800 bits per heavy atom. The summed E-state index contributed by atoms with van der Waals surface area (Å²) in [6.07, 6.45) is 11.4. The molecule has 1 rings (SSSR count). The monoisotopic (exact) mass is 414 g/mol. The number of halogens is 2. The van der Waals surface area contributed by atoms with Crippen molar-refractivity contribution in [1.29, 1.82) is 0 Å². The fourth-order valence-corrected chi connectivity index (χ4v) is 3.09. The van der Waals surface area contributed by atoms with Crippen molar-refractivity contribution in [3.05, 3.63) is 0 Å². The molecule has 0 aliphatic carbocycles. The topological polar surface area (TPSA) is 0 Å². The molecule has 0 aromatic rings. The van der Waals surface area contributed by atoms with Gasteiger partial charge in [0.25, 0.3) is 0 Å². The van der Waals surface area contributed by atoms with Crippen molar-refractivity contribution in [2.45, 2.75) is 51.4 Å². The molecule has 1 heterocycles. The van der Waals surface area contributed by atoms with Crippen molar-refractivity contribution in [2.75, 3.05) is 54.4 Å². The van der Waals surface area contributed by atoms with Crippen LogP contribution in [0.4, 0.5) is 0 Å². The Labute approximate surface area is 148 Å². The molecule has 4 heteroatoms. The van der Waals surface area contributed by atoms with Crippen LogP contribution in [0.1, 0.15) is 51.4 Å². The number of rotatable bonds is 0. The van der Waals surface area contributed by atoms with Gasteiger partial charge < -0.3 is 42.9 Å². The summed E-state index contributed by atoms with van der Waals surface area (Å²) in [6, 6.07) is 0. The van der Waals surface area contributed by atoms with E-state index in [0.29, 0.717) is 0 Å². The average molecular weight is 416 g/mol. The SMILES string of the molecule is C[N+]1(C)CCCCCC[N+](C)(C)CCCCCC1.[Br-].[Br-]. The van der Waals surface area contributed by atoms with Gasteiger partial charge in [0, 0.05) is 0 Å². The van der Waals surface area contributed by atoms with Gasteiger partial charge in [-0.15, -0.1) is 0 Å². The zero-order valence-corrected chi connectivity index (χ0v) is 17.3. The lowest BCUT2D eigenvalue weighted by Crippen LogP contribution is -3.00. The Balaban J connectivity index is 0. The molecule has 0 aromatic heterocycles. The Hall–Kier alpha value is 0.880. The van der Waals surface area contributed by atoms with Crippen LogP contribution in [-0.4, -0.2) is 63.3 Å². The molecule has 124 valence electrons. The van der Waals surface area contributed by atoms with Gasteiger partial charge in [0.15, 0.2) is 0 Å². The standard InChI is InChI=1S/C16H36N2.2BrH/c1-17(2)13-9-5-7-11-15-18(3,4)16-12-8-6-10-14-17;;/h5-16H2,1-4H3;2*1H/q+2;;/p-2. The maximum Gasteiger partial charge on any atom is 0.0782 e. The minimum atomic E-state index is 0. The molecule has 0 atom stereocenters. The molecule has 20 heavy (non-hydrogen) atoms. The highest BCUT2D eigenvalue weighted by Gasteiger charge is 2.16. The van der Waals surface area contributed by atoms with Crippen LogP contribution in [0.15, 0.2) is 0 Å². The lowest BCUT2D eigenvalue weighted by atomic mass is 10.1. The van der Waals surface area contributed by atoms with E-state index in [4.69, 9.17) is 0 Å². The largest absolute Gasteiger partial charge is 1.00 e. The van der Waals surface area contributed by atoms with E-state index in [1.165, 1.54) is 86.5 Å². The Morgan fingerprint density at radius 2 is 0.600 bits per heavy atom. The fourth-order valence-electron chi connectivity index (χ4n) is 3.09. The molecule has 0 bridgehead atoms. The molecular weight excluding hydrogens is 380 g/mol. The first-order valence-corrected chi connectivity index (χ1v) is 8.05. The molecule has 0 aromatic carbocycles. The second kappa shape index (κ2) is 11.4. The summed E-state index contributed by atoms with van der Waals surface area (Å²) < 4.78 is 2.48. The summed E-state index contributed by atoms with van der Waals surface area (Å²) in [6.45, 7) is 5.49. The van der Waals surface area contributed by atoms with Gasteiger partial charge in [-0.3, -0.25) is 0 Å². The van der Waals surface area contributed by atoms with Crippen molar-refractivity contribution in [1.82, 2.24) is 0 Å². The molecule has 1 aliphatic rings. The minimum absolute atomic E-state index is 0. The van der Waals surface area contributed by atoms with Crippen LogP contribution in [0.25, 0.3) is 0 Å². The second-order valence-corrected chi connectivity index (χ2v) is 7.59. The maximum absolute atomic E-state index is 2.41. The molecule has 2 nitrogen and oxygen atoms in total. The highest BCUT2D eigenvalue weighted by molar-refractivity contribution is 4.49. The van der Waals surface area contributed by atoms with Gasteiger partial charge in [0.05, 0.1) is 54.4 Å². The van der Waals surface area contributed by atoms with Gasteiger partial charge in [-0.05, 0) is 51.4 Å². The highest BCUT2D eigenvalue weighted by atomic mass is 79.9. The first-order chi connectivity index (χ1) is 8.41. The van der Waals surface area contributed by atoms with Gasteiger partial charge >= 0.3 is 0 Å². The molecule has 1 aliphatic heterocycles. The number of hydrogen-bond donors (Lipinski definition) is 0. The number of hydrogen-bond acceptors (Lipinski definition) is 0. The van der Waals surface area contributed by atoms with Crippen molar-refractivity contribution in [3.63, 3.8) is 0 Å². The molecule has 0 amide bonds. The summed E-state index contributed by atoms with van der Waals surface area (Å²) in [4.78, 5) is 0. The molecule has 1 saturated heterocycles. The lowest BCUT2D eigenvalue weighted by molar-refractivity contribution is -0.892. The Kier molecular flexibility index (Phi) is 13.3. The first-order valence-electron chi connectivity index (χ1n) is 8.05. The van der Waals surface area contributed by atoms with Crippen molar-refractivity contribution >= 4 is 0 Å². The third-order valence-corrected chi connectivity index (χ3v) is 4.55. The van der Waals surface area contributed by atoms with Gasteiger partial charge in [-0.1, -0.05) is 0 Å². The van der Waals surface area contributed by atoms with E-state index in [9.17, 15) is 0 Å². The normalized spacial score (nSPS) is 24.6. The van der Waals surface area contributed by atoms with Crippen molar-refractivity contribution < 1.29 is 42.9 Å². The quantitative estimate of drug-likeness (QED) is 0.377. The van der Waals surface area contributed by atoms with Gasteiger partial charge in [-0.25, -0.2) is 0 Å². The van der Waals surface area contributed by atoms with E-state index < -0.39 is 0 Å². The van der Waals surface area contributed by atoms with Gasteiger partial charge in [-0.2, -0.15) is 0 Å². The summed E-state index contributed by atoms with van der Waals surface area (Å²) >= 11 is 0. The average Bonchev–Trinajstić information content (AvgIpc) is 2.27. The zero-order chi connectivity index (χ0) is 13.5. The summed E-state index contributed by atoms with van der Waals surface area (Å²) in [7, 11) is 9.63.